The number of nitrogens with zero attached hydrogens (tertiary/aromatic N) is 1. The number of hydrogen-bond donors (Lipinski definition) is 2. The maximum Gasteiger partial charge on any atom is 0.224 e. The molecular weight excluding hydrogens is 274 g/mol. The summed E-state index contributed by atoms with van der Waals surface area (Å²) in [4.78, 5) is 13.9. The van der Waals surface area contributed by atoms with E-state index in [1.165, 1.54) is 19.3 Å². The first kappa shape index (κ1) is 15.0. The van der Waals surface area contributed by atoms with Crippen molar-refractivity contribution >= 4 is 34.6 Å². The average molecular weight is 296 g/mol. The molecule has 0 aromatic heterocycles. The van der Waals surface area contributed by atoms with Crippen LogP contribution in [0.4, 0.5) is 17.1 Å². The Morgan fingerprint density at radius 3 is 2.90 bits per heavy atom. The fourth-order valence-electron chi connectivity index (χ4n) is 2.62. The van der Waals surface area contributed by atoms with Crippen molar-refractivity contribution in [3.63, 3.8) is 0 Å². The molecule has 1 fully saturated rings. The van der Waals surface area contributed by atoms with E-state index in [1.54, 1.807) is 6.07 Å². The Morgan fingerprint density at radius 1 is 1.50 bits per heavy atom. The molecule has 0 spiro atoms. The lowest BCUT2D eigenvalue weighted by molar-refractivity contribution is -0.115. The number of benzene rings is 1. The highest BCUT2D eigenvalue weighted by Crippen LogP contribution is 2.36. The van der Waals surface area contributed by atoms with Crippen molar-refractivity contribution in [1.82, 2.24) is 0 Å². The van der Waals surface area contributed by atoms with E-state index in [0.29, 0.717) is 28.9 Å². The molecule has 1 aliphatic rings. The average Bonchev–Trinajstić information content (AvgIpc) is 2.42. The first-order valence-electron chi connectivity index (χ1n) is 7.18. The van der Waals surface area contributed by atoms with E-state index in [4.69, 9.17) is 17.3 Å². The Kier molecular flexibility index (Phi) is 4.76. The van der Waals surface area contributed by atoms with Gasteiger partial charge in [0, 0.05) is 19.0 Å². The van der Waals surface area contributed by atoms with E-state index in [9.17, 15) is 4.79 Å². The number of piperidine rings is 1. The molecule has 1 amide bonds. The van der Waals surface area contributed by atoms with Crippen LogP contribution in [0.2, 0.25) is 5.02 Å². The third-order valence-corrected chi connectivity index (χ3v) is 4.14. The maximum atomic E-state index is 11.6. The van der Waals surface area contributed by atoms with Crippen LogP contribution >= 0.6 is 11.6 Å². The fourth-order valence-corrected chi connectivity index (χ4v) is 2.84. The van der Waals surface area contributed by atoms with Gasteiger partial charge in [0.2, 0.25) is 5.91 Å². The Hall–Kier alpha value is -1.42. The van der Waals surface area contributed by atoms with Crippen molar-refractivity contribution in [3.05, 3.63) is 17.2 Å². The summed E-state index contributed by atoms with van der Waals surface area (Å²) in [5.41, 5.74) is 8.38. The van der Waals surface area contributed by atoms with Crippen molar-refractivity contribution in [2.75, 3.05) is 22.5 Å². The number of amides is 1. The molecule has 2 rings (SSSR count). The van der Waals surface area contributed by atoms with Crippen LogP contribution in [0.5, 0.6) is 0 Å². The lowest BCUT2D eigenvalue weighted by Gasteiger charge is -2.36. The Labute approximate surface area is 125 Å². The Morgan fingerprint density at radius 2 is 2.25 bits per heavy atom. The minimum absolute atomic E-state index is 0.0469. The van der Waals surface area contributed by atoms with Crippen molar-refractivity contribution in [2.45, 2.75) is 45.6 Å². The molecule has 20 heavy (non-hydrogen) atoms. The van der Waals surface area contributed by atoms with E-state index in [0.717, 1.165) is 12.2 Å². The van der Waals surface area contributed by atoms with E-state index in [-0.39, 0.29) is 5.91 Å². The normalized spacial score (nSPS) is 18.9. The lowest BCUT2D eigenvalue weighted by atomic mass is 10.0. The SMILES string of the molecule is CCC(=O)Nc1cc(N2CCCC[C@@H]2C)c(N)cc1Cl. The van der Waals surface area contributed by atoms with Crippen molar-refractivity contribution in [1.29, 1.82) is 0 Å². The standard InChI is InChI=1S/C15H22ClN3O/c1-3-15(20)18-13-9-14(12(17)8-11(13)16)19-7-5-4-6-10(19)2/h8-10H,3-7,17H2,1-2H3,(H,18,20)/t10-/m0/s1. The van der Waals surface area contributed by atoms with Crippen molar-refractivity contribution < 1.29 is 4.79 Å². The van der Waals surface area contributed by atoms with Gasteiger partial charge in [-0.05, 0) is 38.3 Å². The second-order valence-corrected chi connectivity index (χ2v) is 5.74. The van der Waals surface area contributed by atoms with Crippen molar-refractivity contribution in [2.24, 2.45) is 0 Å². The van der Waals surface area contributed by atoms with Gasteiger partial charge >= 0.3 is 0 Å². The number of rotatable bonds is 3. The van der Waals surface area contributed by atoms with Crippen LogP contribution in [0.25, 0.3) is 0 Å². The molecule has 1 heterocycles. The summed E-state index contributed by atoms with van der Waals surface area (Å²) >= 11 is 6.16. The summed E-state index contributed by atoms with van der Waals surface area (Å²) in [6.45, 7) is 5.01. The number of anilines is 3. The van der Waals surface area contributed by atoms with Gasteiger partial charge in [-0.25, -0.2) is 0 Å². The third-order valence-electron chi connectivity index (χ3n) is 3.82. The number of nitrogens with two attached hydrogens (primary N) is 1. The molecule has 1 saturated heterocycles. The van der Waals surface area contributed by atoms with Crippen LogP contribution in [0.15, 0.2) is 12.1 Å². The number of nitrogens with one attached hydrogen (secondary N) is 1. The second kappa shape index (κ2) is 6.35. The second-order valence-electron chi connectivity index (χ2n) is 5.33. The fraction of sp³-hybridized carbons (Fsp3) is 0.533. The zero-order chi connectivity index (χ0) is 14.7. The molecule has 1 atom stereocenters. The van der Waals surface area contributed by atoms with Crippen LogP contribution < -0.4 is 16.0 Å². The van der Waals surface area contributed by atoms with Crippen molar-refractivity contribution in [3.8, 4) is 0 Å². The van der Waals surface area contributed by atoms with Gasteiger partial charge in [0.1, 0.15) is 0 Å². The Bertz CT molecular complexity index is 504. The number of carbonyl (C=O) groups is 1. The van der Waals surface area contributed by atoms with E-state index in [2.05, 4.69) is 17.1 Å². The molecule has 1 aliphatic heterocycles. The first-order chi connectivity index (χ1) is 9.52. The zero-order valence-electron chi connectivity index (χ0n) is 12.1. The number of halogens is 1. The molecule has 1 aromatic carbocycles. The van der Waals surface area contributed by atoms with Gasteiger partial charge in [0.25, 0.3) is 0 Å². The molecule has 5 heteroatoms. The molecule has 0 saturated carbocycles. The van der Waals surface area contributed by atoms with Crippen LogP contribution in [0.3, 0.4) is 0 Å². The quantitative estimate of drug-likeness (QED) is 0.837. The van der Waals surface area contributed by atoms with Gasteiger partial charge in [-0.1, -0.05) is 18.5 Å². The minimum atomic E-state index is -0.0469. The monoisotopic (exact) mass is 295 g/mol. The van der Waals surface area contributed by atoms with E-state index >= 15 is 0 Å². The number of carbonyl (C=O) groups excluding carboxylic acids is 1. The first-order valence-corrected chi connectivity index (χ1v) is 7.56. The lowest BCUT2D eigenvalue weighted by Crippen LogP contribution is -2.37. The van der Waals surface area contributed by atoms with Crippen LogP contribution in [-0.4, -0.2) is 18.5 Å². The van der Waals surface area contributed by atoms with Gasteiger partial charge < -0.3 is 16.0 Å². The third kappa shape index (κ3) is 3.18. The topological polar surface area (TPSA) is 58.4 Å². The largest absolute Gasteiger partial charge is 0.397 e. The molecule has 110 valence electrons. The predicted octanol–water partition coefficient (Wildman–Crippen LogP) is 3.65. The van der Waals surface area contributed by atoms with Gasteiger partial charge in [-0.3, -0.25) is 4.79 Å². The molecular formula is C15H22ClN3O. The molecule has 0 unspecified atom stereocenters. The molecule has 0 radical (unpaired) electrons. The maximum absolute atomic E-state index is 11.6. The van der Waals surface area contributed by atoms with E-state index in [1.807, 2.05) is 13.0 Å². The summed E-state index contributed by atoms with van der Waals surface area (Å²) in [6.07, 6.45) is 4.02. The molecule has 0 bridgehead atoms. The summed E-state index contributed by atoms with van der Waals surface area (Å²) in [7, 11) is 0. The highest BCUT2D eigenvalue weighted by molar-refractivity contribution is 6.34. The van der Waals surface area contributed by atoms with Gasteiger partial charge in [0.05, 0.1) is 22.1 Å². The predicted molar refractivity (Wildman–Crippen MR) is 85.4 cm³/mol. The van der Waals surface area contributed by atoms with Gasteiger partial charge in [-0.15, -0.1) is 0 Å². The van der Waals surface area contributed by atoms with Gasteiger partial charge in [0.15, 0.2) is 0 Å². The Balaban J connectivity index is 2.32. The molecule has 1 aromatic rings. The summed E-state index contributed by atoms with van der Waals surface area (Å²) in [5, 5.41) is 3.31. The highest BCUT2D eigenvalue weighted by Gasteiger charge is 2.21. The minimum Gasteiger partial charge on any atom is -0.397 e. The summed E-state index contributed by atoms with van der Waals surface area (Å²) in [6, 6.07) is 4.08. The van der Waals surface area contributed by atoms with Gasteiger partial charge in [-0.2, -0.15) is 0 Å². The number of hydrogen-bond acceptors (Lipinski definition) is 3. The summed E-state index contributed by atoms with van der Waals surface area (Å²) < 4.78 is 0. The van der Waals surface area contributed by atoms with Crippen LogP contribution in [0.1, 0.15) is 39.5 Å². The van der Waals surface area contributed by atoms with E-state index < -0.39 is 0 Å². The smallest absolute Gasteiger partial charge is 0.224 e. The molecule has 3 N–H and O–H groups in total. The number of nitrogen functional groups attached to an aromatic ring is 1. The molecule has 0 aliphatic carbocycles. The van der Waals surface area contributed by atoms with Crippen LogP contribution in [0, 0.1) is 0 Å². The zero-order valence-corrected chi connectivity index (χ0v) is 12.8. The highest BCUT2D eigenvalue weighted by atomic mass is 35.5. The van der Waals surface area contributed by atoms with Crippen LogP contribution in [-0.2, 0) is 4.79 Å². The summed E-state index contributed by atoms with van der Waals surface area (Å²) in [5.74, 6) is -0.0469. The molecule has 4 nitrogen and oxygen atoms in total.